The van der Waals surface area contributed by atoms with Crippen molar-refractivity contribution in [3.8, 4) is 0 Å². The van der Waals surface area contributed by atoms with E-state index >= 15 is 0 Å². The van der Waals surface area contributed by atoms with Gasteiger partial charge in [-0.25, -0.2) is 9.97 Å². The van der Waals surface area contributed by atoms with Crippen LogP contribution in [0, 0.1) is 6.92 Å². The number of methoxy groups -OCH3 is 1. The van der Waals surface area contributed by atoms with Gasteiger partial charge in [-0.2, -0.15) is 0 Å². The van der Waals surface area contributed by atoms with E-state index in [2.05, 4.69) is 9.97 Å². The molecule has 0 aliphatic carbocycles. The van der Waals surface area contributed by atoms with Gasteiger partial charge in [0.15, 0.2) is 5.82 Å². The zero-order valence-corrected chi connectivity index (χ0v) is 11.4. The highest BCUT2D eigenvalue weighted by Gasteiger charge is 2.10. The fraction of sp³-hybridized carbons (Fsp3) is 0.385. The summed E-state index contributed by atoms with van der Waals surface area (Å²) in [6, 6.07) is 3.70. The molecule has 0 atom stereocenters. The molecule has 0 aliphatic heterocycles. The summed E-state index contributed by atoms with van der Waals surface area (Å²) in [4.78, 5) is 10.5. The quantitative estimate of drug-likeness (QED) is 0.884. The second-order valence-corrected chi connectivity index (χ2v) is 4.36. The minimum Gasteiger partial charge on any atom is -0.469 e. The number of aryl methyl sites for hydroxylation is 1. The van der Waals surface area contributed by atoms with Crippen LogP contribution in [0.2, 0.25) is 0 Å². The standard InChI is InChI=1S/C13H18N4O2/c1-9-10(4-5-19-9)7-17(2)13-6-11(14)15-12(16-13)8-18-3/h4-6H,7-8H2,1-3H3,(H2,14,15,16). The lowest BCUT2D eigenvalue weighted by Crippen LogP contribution is -2.19. The predicted octanol–water partition coefficient (Wildman–Crippen LogP) is 1.74. The molecule has 2 aromatic rings. The summed E-state index contributed by atoms with van der Waals surface area (Å²) in [6.07, 6.45) is 1.68. The summed E-state index contributed by atoms with van der Waals surface area (Å²) in [7, 11) is 3.55. The molecule has 0 fully saturated rings. The summed E-state index contributed by atoms with van der Waals surface area (Å²) in [5.41, 5.74) is 6.90. The molecule has 2 aromatic heterocycles. The van der Waals surface area contributed by atoms with Crippen molar-refractivity contribution in [2.24, 2.45) is 0 Å². The lowest BCUT2D eigenvalue weighted by molar-refractivity contribution is 0.178. The van der Waals surface area contributed by atoms with Crippen molar-refractivity contribution in [1.29, 1.82) is 0 Å². The molecule has 102 valence electrons. The number of nitrogen functional groups attached to an aromatic ring is 1. The number of nitrogens with two attached hydrogens (primary N) is 1. The van der Waals surface area contributed by atoms with E-state index in [-0.39, 0.29) is 0 Å². The number of ether oxygens (including phenoxy) is 1. The Morgan fingerprint density at radius 1 is 1.42 bits per heavy atom. The molecule has 0 radical (unpaired) electrons. The first-order chi connectivity index (χ1) is 9.10. The molecule has 0 bridgehead atoms. The molecule has 0 saturated heterocycles. The molecular weight excluding hydrogens is 244 g/mol. The summed E-state index contributed by atoms with van der Waals surface area (Å²) in [6.45, 7) is 2.98. The van der Waals surface area contributed by atoms with Crippen molar-refractivity contribution < 1.29 is 9.15 Å². The molecular formula is C13H18N4O2. The summed E-state index contributed by atoms with van der Waals surface area (Å²) >= 11 is 0. The second kappa shape index (κ2) is 5.71. The molecule has 0 saturated carbocycles. The minimum atomic E-state index is 0.344. The maximum atomic E-state index is 5.78. The van der Waals surface area contributed by atoms with Crippen LogP contribution in [-0.4, -0.2) is 24.1 Å². The molecule has 0 aliphatic rings. The van der Waals surface area contributed by atoms with Crippen LogP contribution in [0.1, 0.15) is 17.1 Å². The smallest absolute Gasteiger partial charge is 0.158 e. The number of nitrogens with zero attached hydrogens (tertiary/aromatic N) is 3. The van der Waals surface area contributed by atoms with Gasteiger partial charge in [-0.3, -0.25) is 0 Å². The maximum Gasteiger partial charge on any atom is 0.158 e. The third-order valence-electron chi connectivity index (χ3n) is 2.82. The number of furan rings is 1. The Hall–Kier alpha value is -2.08. The largest absolute Gasteiger partial charge is 0.469 e. The molecule has 6 heteroatoms. The first-order valence-corrected chi connectivity index (χ1v) is 5.96. The van der Waals surface area contributed by atoms with Gasteiger partial charge in [0.1, 0.15) is 24.0 Å². The Kier molecular flexibility index (Phi) is 4.01. The molecule has 0 spiro atoms. The molecule has 2 rings (SSSR count). The van der Waals surface area contributed by atoms with E-state index in [1.54, 1.807) is 19.4 Å². The third kappa shape index (κ3) is 3.23. The summed E-state index contributed by atoms with van der Waals surface area (Å²) in [5.74, 6) is 2.69. The average Bonchev–Trinajstić information content (AvgIpc) is 2.75. The van der Waals surface area contributed by atoms with Crippen LogP contribution in [-0.2, 0) is 17.9 Å². The number of anilines is 2. The lowest BCUT2D eigenvalue weighted by Gasteiger charge is -2.18. The highest BCUT2D eigenvalue weighted by atomic mass is 16.5. The first-order valence-electron chi connectivity index (χ1n) is 5.96. The van der Waals surface area contributed by atoms with Crippen LogP contribution in [0.4, 0.5) is 11.6 Å². The van der Waals surface area contributed by atoms with Gasteiger partial charge in [-0.1, -0.05) is 0 Å². The number of aromatic nitrogens is 2. The van der Waals surface area contributed by atoms with Crippen LogP contribution in [0.15, 0.2) is 22.8 Å². The zero-order chi connectivity index (χ0) is 13.8. The van der Waals surface area contributed by atoms with E-state index in [1.807, 2.05) is 24.9 Å². The highest BCUT2D eigenvalue weighted by molar-refractivity contribution is 5.47. The Labute approximate surface area is 112 Å². The van der Waals surface area contributed by atoms with Gasteiger partial charge in [0, 0.05) is 32.3 Å². The van der Waals surface area contributed by atoms with E-state index in [9.17, 15) is 0 Å². The summed E-state index contributed by atoms with van der Waals surface area (Å²) in [5, 5.41) is 0. The van der Waals surface area contributed by atoms with Crippen LogP contribution in [0.5, 0.6) is 0 Å². The topological polar surface area (TPSA) is 77.4 Å². The molecule has 0 aromatic carbocycles. The second-order valence-electron chi connectivity index (χ2n) is 4.36. The van der Waals surface area contributed by atoms with Gasteiger partial charge in [0.25, 0.3) is 0 Å². The van der Waals surface area contributed by atoms with Crippen molar-refractivity contribution in [1.82, 2.24) is 9.97 Å². The fourth-order valence-electron chi connectivity index (χ4n) is 1.80. The lowest BCUT2D eigenvalue weighted by atomic mass is 10.2. The maximum absolute atomic E-state index is 5.78. The van der Waals surface area contributed by atoms with Crippen LogP contribution < -0.4 is 10.6 Å². The fourth-order valence-corrected chi connectivity index (χ4v) is 1.80. The zero-order valence-electron chi connectivity index (χ0n) is 11.4. The SMILES string of the molecule is COCc1nc(N)cc(N(C)Cc2ccoc2C)n1. The van der Waals surface area contributed by atoms with Crippen molar-refractivity contribution in [3.63, 3.8) is 0 Å². The first kappa shape index (κ1) is 13.4. The number of hydrogen-bond donors (Lipinski definition) is 1. The van der Waals surface area contributed by atoms with Gasteiger partial charge in [0.05, 0.1) is 6.26 Å². The Balaban J connectivity index is 2.18. The Bertz CT molecular complexity index is 553. The number of rotatable bonds is 5. The minimum absolute atomic E-state index is 0.344. The van der Waals surface area contributed by atoms with Crippen LogP contribution in [0.25, 0.3) is 0 Å². The molecule has 2 N–H and O–H groups in total. The van der Waals surface area contributed by atoms with Crippen LogP contribution in [0.3, 0.4) is 0 Å². The highest BCUT2D eigenvalue weighted by Crippen LogP contribution is 2.18. The van der Waals surface area contributed by atoms with Gasteiger partial charge in [-0.15, -0.1) is 0 Å². The Morgan fingerprint density at radius 2 is 2.21 bits per heavy atom. The van der Waals surface area contributed by atoms with Gasteiger partial charge in [0.2, 0.25) is 0 Å². The van der Waals surface area contributed by atoms with E-state index in [0.717, 1.165) is 17.1 Å². The third-order valence-corrected chi connectivity index (χ3v) is 2.82. The van der Waals surface area contributed by atoms with Gasteiger partial charge >= 0.3 is 0 Å². The molecule has 0 amide bonds. The van der Waals surface area contributed by atoms with Gasteiger partial charge < -0.3 is 19.8 Å². The summed E-state index contributed by atoms with van der Waals surface area (Å²) < 4.78 is 10.3. The monoisotopic (exact) mass is 262 g/mol. The van der Waals surface area contributed by atoms with Crippen molar-refractivity contribution in [2.45, 2.75) is 20.1 Å². The van der Waals surface area contributed by atoms with Gasteiger partial charge in [-0.05, 0) is 13.0 Å². The van der Waals surface area contributed by atoms with Crippen LogP contribution >= 0.6 is 0 Å². The molecule has 6 nitrogen and oxygen atoms in total. The predicted molar refractivity (Wildman–Crippen MR) is 72.7 cm³/mol. The molecule has 2 heterocycles. The van der Waals surface area contributed by atoms with Crippen molar-refractivity contribution in [3.05, 3.63) is 35.5 Å². The Morgan fingerprint density at radius 3 is 2.84 bits per heavy atom. The van der Waals surface area contributed by atoms with E-state index < -0.39 is 0 Å². The van der Waals surface area contributed by atoms with Crippen molar-refractivity contribution in [2.75, 3.05) is 24.8 Å². The van der Waals surface area contributed by atoms with E-state index in [4.69, 9.17) is 14.9 Å². The average molecular weight is 262 g/mol. The van der Waals surface area contributed by atoms with E-state index in [1.165, 1.54) is 0 Å². The molecule has 0 unspecified atom stereocenters. The number of hydrogen-bond acceptors (Lipinski definition) is 6. The van der Waals surface area contributed by atoms with Crippen molar-refractivity contribution >= 4 is 11.6 Å². The van der Waals surface area contributed by atoms with E-state index in [0.29, 0.717) is 24.8 Å². The normalized spacial score (nSPS) is 10.7. The molecule has 19 heavy (non-hydrogen) atoms.